The van der Waals surface area contributed by atoms with E-state index in [1.54, 1.807) is 0 Å². The number of nitrogens with zero attached hydrogens (tertiary/aromatic N) is 8. The second-order valence-electron chi connectivity index (χ2n) is 8.20. The SMILES string of the molecule is CN(C)c1ncc(CN2CCC(c3nnc4ccc(C5CC5)nn34)CC2)cn1. The van der Waals surface area contributed by atoms with Crippen molar-refractivity contribution in [2.24, 2.45) is 0 Å². The molecular formula is C20H26N8. The molecule has 1 saturated heterocycles. The predicted molar refractivity (Wildman–Crippen MR) is 106 cm³/mol. The third-order valence-corrected chi connectivity index (χ3v) is 5.75. The van der Waals surface area contributed by atoms with Gasteiger partial charge in [-0.1, -0.05) is 0 Å². The van der Waals surface area contributed by atoms with Gasteiger partial charge in [0.05, 0.1) is 5.69 Å². The van der Waals surface area contributed by atoms with Gasteiger partial charge in [0.25, 0.3) is 0 Å². The Labute approximate surface area is 164 Å². The van der Waals surface area contributed by atoms with Crippen LogP contribution in [0.25, 0.3) is 5.65 Å². The van der Waals surface area contributed by atoms with Gasteiger partial charge in [0, 0.05) is 50.4 Å². The van der Waals surface area contributed by atoms with E-state index >= 15 is 0 Å². The second kappa shape index (κ2) is 7.09. The molecule has 0 radical (unpaired) electrons. The van der Waals surface area contributed by atoms with E-state index in [4.69, 9.17) is 5.10 Å². The molecule has 5 rings (SSSR count). The number of piperidine rings is 1. The largest absolute Gasteiger partial charge is 0.347 e. The molecule has 28 heavy (non-hydrogen) atoms. The summed E-state index contributed by atoms with van der Waals surface area (Å²) in [6.45, 7) is 2.97. The first-order chi connectivity index (χ1) is 13.7. The number of hydrogen-bond acceptors (Lipinski definition) is 7. The second-order valence-corrected chi connectivity index (χ2v) is 8.20. The van der Waals surface area contributed by atoms with Crippen LogP contribution in [0, 0.1) is 0 Å². The summed E-state index contributed by atoms with van der Waals surface area (Å²) in [6.07, 6.45) is 8.54. The standard InChI is InChI=1S/C20H26N8/c1-26(2)20-21-11-14(12-22-20)13-27-9-7-16(8-10-27)19-24-23-18-6-5-17(15-3-4-15)25-28(18)19/h5-6,11-12,15-16H,3-4,7-10,13H2,1-2H3. The van der Waals surface area contributed by atoms with Crippen LogP contribution in [0.2, 0.25) is 0 Å². The van der Waals surface area contributed by atoms with E-state index in [0.29, 0.717) is 11.8 Å². The van der Waals surface area contributed by atoms with Crippen molar-refractivity contribution in [2.45, 2.75) is 44.1 Å². The van der Waals surface area contributed by atoms with Gasteiger partial charge in [0.2, 0.25) is 5.95 Å². The molecule has 8 heteroatoms. The van der Waals surface area contributed by atoms with Crippen molar-refractivity contribution in [2.75, 3.05) is 32.1 Å². The van der Waals surface area contributed by atoms with Crippen molar-refractivity contribution in [1.82, 2.24) is 34.7 Å². The molecule has 0 spiro atoms. The van der Waals surface area contributed by atoms with Crippen molar-refractivity contribution in [3.8, 4) is 0 Å². The van der Waals surface area contributed by atoms with Crippen LogP contribution in [0.5, 0.6) is 0 Å². The molecule has 1 aliphatic carbocycles. The predicted octanol–water partition coefficient (Wildman–Crippen LogP) is 2.24. The Morgan fingerprint density at radius 3 is 2.39 bits per heavy atom. The van der Waals surface area contributed by atoms with Gasteiger partial charge in [0.15, 0.2) is 11.5 Å². The van der Waals surface area contributed by atoms with E-state index < -0.39 is 0 Å². The summed E-state index contributed by atoms with van der Waals surface area (Å²) in [6, 6.07) is 4.17. The molecule has 0 amide bonds. The highest BCUT2D eigenvalue weighted by atomic mass is 15.4. The molecule has 0 N–H and O–H groups in total. The van der Waals surface area contributed by atoms with Gasteiger partial charge in [-0.3, -0.25) is 4.90 Å². The Morgan fingerprint density at radius 2 is 1.71 bits per heavy atom. The quantitative estimate of drug-likeness (QED) is 0.674. The van der Waals surface area contributed by atoms with E-state index in [0.717, 1.165) is 55.5 Å². The molecule has 3 aromatic heterocycles. The van der Waals surface area contributed by atoms with Crippen LogP contribution in [0.1, 0.15) is 54.6 Å². The highest BCUT2D eigenvalue weighted by Gasteiger charge is 2.28. The van der Waals surface area contributed by atoms with E-state index in [9.17, 15) is 0 Å². The molecule has 0 bridgehead atoms. The van der Waals surface area contributed by atoms with Crippen LogP contribution < -0.4 is 4.90 Å². The van der Waals surface area contributed by atoms with Gasteiger partial charge >= 0.3 is 0 Å². The average Bonchev–Trinajstić information content (AvgIpc) is 3.48. The number of rotatable bonds is 5. The molecule has 8 nitrogen and oxygen atoms in total. The Balaban J connectivity index is 1.24. The number of anilines is 1. The molecule has 146 valence electrons. The van der Waals surface area contributed by atoms with Gasteiger partial charge in [0.1, 0.15) is 0 Å². The zero-order valence-corrected chi connectivity index (χ0v) is 16.5. The van der Waals surface area contributed by atoms with Gasteiger partial charge < -0.3 is 4.90 Å². The lowest BCUT2D eigenvalue weighted by Gasteiger charge is -2.30. The summed E-state index contributed by atoms with van der Waals surface area (Å²) in [5, 5.41) is 13.7. The smallest absolute Gasteiger partial charge is 0.224 e. The fraction of sp³-hybridized carbons (Fsp3) is 0.550. The summed E-state index contributed by atoms with van der Waals surface area (Å²) in [5.74, 6) is 2.83. The third kappa shape index (κ3) is 3.44. The summed E-state index contributed by atoms with van der Waals surface area (Å²) in [4.78, 5) is 13.2. The van der Waals surface area contributed by atoms with E-state index in [-0.39, 0.29) is 0 Å². The zero-order chi connectivity index (χ0) is 19.1. The molecule has 0 atom stereocenters. The number of likely N-dealkylation sites (tertiary alicyclic amines) is 1. The van der Waals surface area contributed by atoms with Crippen LogP contribution in [-0.2, 0) is 6.54 Å². The van der Waals surface area contributed by atoms with Crippen molar-refractivity contribution in [3.63, 3.8) is 0 Å². The maximum Gasteiger partial charge on any atom is 0.224 e. The lowest BCUT2D eigenvalue weighted by atomic mass is 9.96. The van der Waals surface area contributed by atoms with Crippen molar-refractivity contribution in [3.05, 3.63) is 41.6 Å². The van der Waals surface area contributed by atoms with Crippen LogP contribution in [0.15, 0.2) is 24.5 Å². The number of aromatic nitrogens is 6. The Morgan fingerprint density at radius 1 is 0.964 bits per heavy atom. The fourth-order valence-electron chi connectivity index (χ4n) is 3.94. The van der Waals surface area contributed by atoms with E-state index in [1.165, 1.54) is 18.5 Å². The zero-order valence-electron chi connectivity index (χ0n) is 16.5. The fourth-order valence-corrected chi connectivity index (χ4v) is 3.94. The lowest BCUT2D eigenvalue weighted by molar-refractivity contribution is 0.200. The maximum absolute atomic E-state index is 4.84. The van der Waals surface area contributed by atoms with Gasteiger partial charge in [-0.25, -0.2) is 9.97 Å². The van der Waals surface area contributed by atoms with Crippen LogP contribution in [0.3, 0.4) is 0 Å². The van der Waals surface area contributed by atoms with Crippen molar-refractivity contribution >= 4 is 11.6 Å². The van der Waals surface area contributed by atoms with Crippen LogP contribution >= 0.6 is 0 Å². The molecular weight excluding hydrogens is 352 g/mol. The Kier molecular flexibility index (Phi) is 4.43. The van der Waals surface area contributed by atoms with Gasteiger partial charge in [-0.15, -0.1) is 10.2 Å². The molecule has 1 saturated carbocycles. The Bertz CT molecular complexity index is 952. The van der Waals surface area contributed by atoms with Gasteiger partial charge in [-0.05, 0) is 50.9 Å². The molecule has 0 unspecified atom stereocenters. The molecule has 3 aromatic rings. The maximum atomic E-state index is 4.84. The lowest BCUT2D eigenvalue weighted by Crippen LogP contribution is -2.33. The first kappa shape index (κ1) is 17.5. The highest BCUT2D eigenvalue weighted by Crippen LogP contribution is 2.39. The summed E-state index contributed by atoms with van der Waals surface area (Å²) in [7, 11) is 3.91. The first-order valence-corrected chi connectivity index (χ1v) is 10.1. The molecule has 0 aromatic carbocycles. The van der Waals surface area contributed by atoms with E-state index in [2.05, 4.69) is 37.2 Å². The topological polar surface area (TPSA) is 75.3 Å². The normalized spacial score (nSPS) is 18.6. The number of hydrogen-bond donors (Lipinski definition) is 0. The summed E-state index contributed by atoms with van der Waals surface area (Å²) >= 11 is 0. The first-order valence-electron chi connectivity index (χ1n) is 10.1. The van der Waals surface area contributed by atoms with Crippen LogP contribution in [-0.4, -0.2) is 61.9 Å². The summed E-state index contributed by atoms with van der Waals surface area (Å²) < 4.78 is 1.99. The minimum absolute atomic E-state index is 0.417. The monoisotopic (exact) mass is 378 g/mol. The van der Waals surface area contributed by atoms with Crippen molar-refractivity contribution < 1.29 is 0 Å². The van der Waals surface area contributed by atoms with Crippen molar-refractivity contribution in [1.29, 1.82) is 0 Å². The van der Waals surface area contributed by atoms with Gasteiger partial charge in [-0.2, -0.15) is 9.61 Å². The van der Waals surface area contributed by atoms with Crippen LogP contribution in [0.4, 0.5) is 5.95 Å². The molecule has 4 heterocycles. The number of fused-ring (bicyclic) bond motifs is 1. The Hall–Kier alpha value is -2.61. The molecule has 2 fully saturated rings. The molecule has 1 aliphatic heterocycles. The third-order valence-electron chi connectivity index (χ3n) is 5.75. The molecule has 2 aliphatic rings. The minimum Gasteiger partial charge on any atom is -0.347 e. The average molecular weight is 378 g/mol. The summed E-state index contributed by atoms with van der Waals surface area (Å²) in [5.41, 5.74) is 3.21. The van der Waals surface area contributed by atoms with E-state index in [1.807, 2.05) is 35.9 Å². The highest BCUT2D eigenvalue weighted by molar-refractivity contribution is 5.38. The minimum atomic E-state index is 0.417.